The third kappa shape index (κ3) is 6.63. The zero-order valence-electron chi connectivity index (χ0n) is 21.7. The molecule has 5 rings (SSSR count). The number of nitrogens with one attached hydrogen (secondary N) is 2. The van der Waals surface area contributed by atoms with Gasteiger partial charge in [0, 0.05) is 69.1 Å². The number of carbonyl (C=O) groups is 1. The van der Waals surface area contributed by atoms with Gasteiger partial charge in [0.2, 0.25) is 5.95 Å². The van der Waals surface area contributed by atoms with Gasteiger partial charge >= 0.3 is 0 Å². The molecule has 0 spiro atoms. The zero-order chi connectivity index (χ0) is 27.2. The molecule has 1 amide bonds. The first-order valence-electron chi connectivity index (χ1n) is 12.9. The van der Waals surface area contributed by atoms with Gasteiger partial charge in [-0.1, -0.05) is 17.7 Å². The maximum atomic E-state index is 12.7. The van der Waals surface area contributed by atoms with E-state index in [4.69, 9.17) is 11.6 Å². The summed E-state index contributed by atoms with van der Waals surface area (Å²) in [5, 5.41) is 16.1. The molecule has 2 aliphatic rings. The quantitative estimate of drug-likeness (QED) is 0.342. The fourth-order valence-electron chi connectivity index (χ4n) is 4.70. The highest BCUT2D eigenvalue weighted by molar-refractivity contribution is 6.32. The van der Waals surface area contributed by atoms with Crippen LogP contribution in [0.2, 0.25) is 5.02 Å². The number of halogens is 1. The van der Waals surface area contributed by atoms with Crippen LogP contribution in [0, 0.1) is 11.3 Å². The van der Waals surface area contributed by atoms with Crippen LogP contribution in [0.15, 0.2) is 60.6 Å². The summed E-state index contributed by atoms with van der Waals surface area (Å²) in [5.74, 6) is 0.635. The summed E-state index contributed by atoms with van der Waals surface area (Å²) in [5.41, 5.74) is 2.81. The smallest absolute Gasteiger partial charge is 0.262 e. The first-order chi connectivity index (χ1) is 19.0. The van der Waals surface area contributed by atoms with E-state index < -0.39 is 5.91 Å². The Balaban J connectivity index is 1.20. The summed E-state index contributed by atoms with van der Waals surface area (Å²) in [6.07, 6.45) is 7.06. The lowest BCUT2D eigenvalue weighted by Crippen LogP contribution is -2.44. The summed E-state index contributed by atoms with van der Waals surface area (Å²) in [7, 11) is 2.15. The van der Waals surface area contributed by atoms with Crippen molar-refractivity contribution in [2.24, 2.45) is 0 Å². The van der Waals surface area contributed by atoms with Gasteiger partial charge in [-0.25, -0.2) is 4.98 Å². The molecule has 0 radical (unpaired) electrons. The molecule has 4 heterocycles. The summed E-state index contributed by atoms with van der Waals surface area (Å²) in [6, 6.07) is 13.7. The van der Waals surface area contributed by atoms with E-state index in [0.29, 0.717) is 41.9 Å². The molecule has 39 heavy (non-hydrogen) atoms. The van der Waals surface area contributed by atoms with Crippen LogP contribution in [0.1, 0.15) is 12.0 Å². The van der Waals surface area contributed by atoms with Crippen LogP contribution < -0.4 is 20.4 Å². The fraction of sp³-hybridized carbons (Fsp3) is 0.321. The van der Waals surface area contributed by atoms with E-state index in [1.807, 2.05) is 23.1 Å². The highest BCUT2D eigenvalue weighted by Gasteiger charge is 2.27. The number of nitriles is 1. The van der Waals surface area contributed by atoms with E-state index in [2.05, 4.69) is 54.6 Å². The van der Waals surface area contributed by atoms with E-state index in [1.54, 1.807) is 30.7 Å². The Morgan fingerprint density at radius 2 is 1.90 bits per heavy atom. The minimum atomic E-state index is -0.413. The number of pyridine rings is 1. The molecule has 2 aliphatic heterocycles. The maximum absolute atomic E-state index is 12.7. The minimum Gasteiger partial charge on any atom is -0.369 e. The summed E-state index contributed by atoms with van der Waals surface area (Å²) in [4.78, 5) is 32.5. The highest BCUT2D eigenvalue weighted by atomic mass is 35.5. The second-order valence-corrected chi connectivity index (χ2v) is 10.1. The van der Waals surface area contributed by atoms with Gasteiger partial charge in [0.05, 0.1) is 6.20 Å². The average molecular weight is 544 g/mol. The second kappa shape index (κ2) is 12.1. The number of anilines is 4. The average Bonchev–Trinajstić information content (AvgIpc) is 3.42. The van der Waals surface area contributed by atoms with Crippen molar-refractivity contribution in [1.29, 1.82) is 5.26 Å². The van der Waals surface area contributed by atoms with Gasteiger partial charge in [0.25, 0.3) is 5.91 Å². The number of piperazine rings is 1. The molecule has 2 N–H and O–H groups in total. The van der Waals surface area contributed by atoms with E-state index in [9.17, 15) is 10.1 Å². The minimum absolute atomic E-state index is 0.0339. The lowest BCUT2D eigenvalue weighted by molar-refractivity contribution is -0.117. The highest BCUT2D eigenvalue weighted by Crippen LogP contribution is 2.28. The number of likely N-dealkylation sites (N-methyl/N-ethyl adjacent to an activating group) is 1. The predicted molar refractivity (Wildman–Crippen MR) is 153 cm³/mol. The lowest BCUT2D eigenvalue weighted by atomic mass is 10.1. The molecular formula is C28H30ClN9O. The third-order valence-corrected chi connectivity index (χ3v) is 7.17. The number of carbonyl (C=O) groups excluding carboxylic acids is 1. The Hall–Kier alpha value is -4.20. The number of rotatable bonds is 7. The Morgan fingerprint density at radius 3 is 2.62 bits per heavy atom. The van der Waals surface area contributed by atoms with E-state index in [-0.39, 0.29) is 11.6 Å². The molecule has 2 saturated heterocycles. The van der Waals surface area contributed by atoms with Crippen molar-refractivity contribution >= 4 is 46.7 Å². The van der Waals surface area contributed by atoms with Crippen LogP contribution in [-0.2, 0) is 4.79 Å². The Kier molecular flexibility index (Phi) is 8.20. The molecule has 0 unspecified atom stereocenters. The molecule has 2 fully saturated rings. The van der Waals surface area contributed by atoms with Crippen molar-refractivity contribution < 1.29 is 4.79 Å². The normalized spacial score (nSPS) is 18.1. The van der Waals surface area contributed by atoms with Gasteiger partial charge in [-0.15, -0.1) is 0 Å². The Bertz CT molecular complexity index is 1370. The fourth-order valence-corrected chi connectivity index (χ4v) is 4.91. The van der Waals surface area contributed by atoms with Crippen molar-refractivity contribution in [1.82, 2.24) is 25.2 Å². The van der Waals surface area contributed by atoms with Crippen LogP contribution in [0.4, 0.5) is 23.1 Å². The van der Waals surface area contributed by atoms with Gasteiger partial charge in [0.1, 0.15) is 16.7 Å². The van der Waals surface area contributed by atoms with Crippen LogP contribution in [0.3, 0.4) is 0 Å². The number of amides is 1. The molecule has 0 saturated carbocycles. The number of benzene rings is 1. The zero-order valence-corrected chi connectivity index (χ0v) is 22.5. The van der Waals surface area contributed by atoms with Crippen LogP contribution in [0.25, 0.3) is 6.08 Å². The molecular weight excluding hydrogens is 514 g/mol. The van der Waals surface area contributed by atoms with Crippen LogP contribution >= 0.6 is 11.6 Å². The van der Waals surface area contributed by atoms with E-state index in [1.165, 1.54) is 11.8 Å². The number of hydrogen-bond acceptors (Lipinski definition) is 9. The van der Waals surface area contributed by atoms with Crippen molar-refractivity contribution in [3.63, 3.8) is 0 Å². The first-order valence-corrected chi connectivity index (χ1v) is 13.3. The molecule has 2 aromatic heterocycles. The van der Waals surface area contributed by atoms with Gasteiger partial charge < -0.3 is 25.3 Å². The molecule has 200 valence electrons. The van der Waals surface area contributed by atoms with Gasteiger partial charge in [-0.3, -0.25) is 9.78 Å². The molecule has 11 heteroatoms. The van der Waals surface area contributed by atoms with Gasteiger partial charge in [-0.05, 0) is 55.4 Å². The molecule has 0 bridgehead atoms. The second-order valence-electron chi connectivity index (χ2n) is 9.69. The standard InChI is InChI=1S/C28H30ClN9O/c1-36-11-13-37(14-12-36)24-6-4-22(5-7-24)34-28-32-18-25(29)26(35-28)38-10-8-23(19-38)33-27(39)21(16-30)15-20-3-2-9-31-17-20/h2-7,9,15,17-18,23H,8,10-14,19H2,1H3,(H,33,39)(H,32,34,35)/b21-15+/t23-/m1/s1. The Labute approximate surface area is 232 Å². The first kappa shape index (κ1) is 26.4. The summed E-state index contributed by atoms with van der Waals surface area (Å²) in [6.45, 7) is 5.34. The van der Waals surface area contributed by atoms with E-state index in [0.717, 1.165) is 31.9 Å². The number of hydrogen-bond donors (Lipinski definition) is 2. The SMILES string of the molecule is CN1CCN(c2ccc(Nc3ncc(Cl)c(N4CC[C@@H](NC(=O)/C(C#N)=C/c5cccnc5)C4)n3)cc2)CC1. The largest absolute Gasteiger partial charge is 0.369 e. The summed E-state index contributed by atoms with van der Waals surface area (Å²) >= 11 is 6.46. The van der Waals surface area contributed by atoms with Crippen molar-refractivity contribution in [2.45, 2.75) is 12.5 Å². The lowest BCUT2D eigenvalue weighted by Gasteiger charge is -2.34. The monoisotopic (exact) mass is 543 g/mol. The topological polar surface area (TPSA) is 113 Å². The molecule has 0 aliphatic carbocycles. The van der Waals surface area contributed by atoms with Crippen molar-refractivity contribution in [2.75, 3.05) is 61.4 Å². The number of aromatic nitrogens is 3. The van der Waals surface area contributed by atoms with Crippen molar-refractivity contribution in [3.05, 3.63) is 71.1 Å². The Morgan fingerprint density at radius 1 is 1.10 bits per heavy atom. The molecule has 1 atom stereocenters. The predicted octanol–water partition coefficient (Wildman–Crippen LogP) is 3.32. The van der Waals surface area contributed by atoms with Crippen molar-refractivity contribution in [3.8, 4) is 6.07 Å². The van der Waals surface area contributed by atoms with Crippen LogP contribution in [0.5, 0.6) is 0 Å². The molecule has 3 aromatic rings. The maximum Gasteiger partial charge on any atom is 0.262 e. The molecule has 1 aromatic carbocycles. The van der Waals surface area contributed by atoms with Gasteiger partial charge in [0.15, 0.2) is 5.82 Å². The number of nitrogens with zero attached hydrogens (tertiary/aromatic N) is 7. The van der Waals surface area contributed by atoms with Crippen LogP contribution in [-0.4, -0.2) is 78.1 Å². The third-order valence-electron chi connectivity index (χ3n) is 6.90. The van der Waals surface area contributed by atoms with E-state index >= 15 is 0 Å². The van der Waals surface area contributed by atoms with Gasteiger partial charge in [-0.2, -0.15) is 10.2 Å². The summed E-state index contributed by atoms with van der Waals surface area (Å²) < 4.78 is 0. The molecule has 10 nitrogen and oxygen atoms in total.